The molecule has 0 unspecified atom stereocenters. The van der Waals surface area contributed by atoms with E-state index in [0.29, 0.717) is 13.2 Å². The Kier molecular flexibility index (Phi) is 10.3. The van der Waals surface area contributed by atoms with E-state index in [-0.39, 0.29) is 0 Å². The SMILES string of the molecule is COCCOCCCOCCNCc1ccccc1. The highest BCUT2D eigenvalue weighted by Gasteiger charge is 1.92. The van der Waals surface area contributed by atoms with Crippen molar-refractivity contribution in [2.75, 3.05) is 46.7 Å². The van der Waals surface area contributed by atoms with Gasteiger partial charge in [0.2, 0.25) is 0 Å². The van der Waals surface area contributed by atoms with Crippen molar-refractivity contribution in [2.24, 2.45) is 0 Å². The Morgan fingerprint density at radius 2 is 1.63 bits per heavy atom. The van der Waals surface area contributed by atoms with Crippen molar-refractivity contribution < 1.29 is 14.2 Å². The van der Waals surface area contributed by atoms with E-state index in [0.717, 1.165) is 39.3 Å². The highest BCUT2D eigenvalue weighted by molar-refractivity contribution is 5.14. The quantitative estimate of drug-likeness (QED) is 0.587. The Morgan fingerprint density at radius 3 is 2.37 bits per heavy atom. The maximum absolute atomic E-state index is 5.50. The van der Waals surface area contributed by atoms with E-state index >= 15 is 0 Å². The fourth-order valence-corrected chi connectivity index (χ4v) is 1.58. The van der Waals surface area contributed by atoms with Gasteiger partial charge in [-0.25, -0.2) is 0 Å². The Morgan fingerprint density at radius 1 is 0.895 bits per heavy atom. The van der Waals surface area contributed by atoms with Crippen molar-refractivity contribution in [3.63, 3.8) is 0 Å². The molecule has 0 amide bonds. The summed E-state index contributed by atoms with van der Waals surface area (Å²) in [5.41, 5.74) is 1.30. The van der Waals surface area contributed by atoms with Gasteiger partial charge in [0.25, 0.3) is 0 Å². The summed E-state index contributed by atoms with van der Waals surface area (Å²) in [5, 5.41) is 3.35. The maximum atomic E-state index is 5.50. The van der Waals surface area contributed by atoms with E-state index in [4.69, 9.17) is 14.2 Å². The molecule has 1 aromatic carbocycles. The molecule has 4 heteroatoms. The Balaban J connectivity index is 1.79. The van der Waals surface area contributed by atoms with Crippen molar-refractivity contribution in [1.29, 1.82) is 0 Å². The number of nitrogens with one attached hydrogen (secondary N) is 1. The van der Waals surface area contributed by atoms with Gasteiger partial charge in [-0.1, -0.05) is 30.3 Å². The second kappa shape index (κ2) is 12.1. The first-order valence-corrected chi connectivity index (χ1v) is 6.82. The largest absolute Gasteiger partial charge is 0.382 e. The van der Waals surface area contributed by atoms with Crippen LogP contribution in [0.15, 0.2) is 30.3 Å². The molecule has 0 spiro atoms. The lowest BCUT2D eigenvalue weighted by Crippen LogP contribution is -2.19. The van der Waals surface area contributed by atoms with Crippen LogP contribution in [-0.4, -0.2) is 46.7 Å². The van der Waals surface area contributed by atoms with Gasteiger partial charge in [-0.05, 0) is 12.0 Å². The minimum Gasteiger partial charge on any atom is -0.382 e. The van der Waals surface area contributed by atoms with Crippen LogP contribution in [0.2, 0.25) is 0 Å². The van der Waals surface area contributed by atoms with Gasteiger partial charge in [-0.2, -0.15) is 0 Å². The van der Waals surface area contributed by atoms with Crippen LogP contribution in [0, 0.1) is 0 Å². The van der Waals surface area contributed by atoms with E-state index in [1.54, 1.807) is 7.11 Å². The Bertz CT molecular complexity index is 293. The van der Waals surface area contributed by atoms with Gasteiger partial charge in [0.1, 0.15) is 0 Å². The van der Waals surface area contributed by atoms with Gasteiger partial charge in [0, 0.05) is 33.4 Å². The lowest BCUT2D eigenvalue weighted by atomic mass is 10.2. The van der Waals surface area contributed by atoms with Crippen LogP contribution in [0.5, 0.6) is 0 Å². The third kappa shape index (κ3) is 9.62. The van der Waals surface area contributed by atoms with E-state index in [2.05, 4.69) is 29.6 Å². The highest BCUT2D eigenvalue weighted by atomic mass is 16.5. The Labute approximate surface area is 116 Å². The molecule has 0 aliphatic heterocycles. The predicted octanol–water partition coefficient (Wildman–Crippen LogP) is 1.85. The molecule has 1 N–H and O–H groups in total. The number of rotatable bonds is 12. The average molecular weight is 267 g/mol. The number of hydrogen-bond donors (Lipinski definition) is 1. The van der Waals surface area contributed by atoms with Crippen molar-refractivity contribution in [1.82, 2.24) is 5.32 Å². The third-order valence-electron chi connectivity index (χ3n) is 2.60. The van der Waals surface area contributed by atoms with Crippen molar-refractivity contribution in [3.05, 3.63) is 35.9 Å². The topological polar surface area (TPSA) is 39.7 Å². The molecule has 0 aliphatic rings. The van der Waals surface area contributed by atoms with Crippen molar-refractivity contribution in [2.45, 2.75) is 13.0 Å². The third-order valence-corrected chi connectivity index (χ3v) is 2.60. The molecular formula is C15H25NO3. The minimum absolute atomic E-state index is 0.657. The molecule has 0 aromatic heterocycles. The minimum atomic E-state index is 0.657. The molecule has 1 rings (SSSR count). The summed E-state index contributed by atoms with van der Waals surface area (Å²) in [4.78, 5) is 0. The zero-order valence-corrected chi connectivity index (χ0v) is 11.8. The molecule has 0 fully saturated rings. The first-order chi connectivity index (χ1) is 9.43. The first kappa shape index (κ1) is 16.1. The van der Waals surface area contributed by atoms with E-state index in [9.17, 15) is 0 Å². The zero-order chi connectivity index (χ0) is 13.6. The molecule has 108 valence electrons. The highest BCUT2D eigenvalue weighted by Crippen LogP contribution is 1.96. The van der Waals surface area contributed by atoms with Crippen molar-refractivity contribution in [3.8, 4) is 0 Å². The van der Waals surface area contributed by atoms with Gasteiger partial charge in [0.05, 0.1) is 19.8 Å². The van der Waals surface area contributed by atoms with Crippen LogP contribution < -0.4 is 5.32 Å². The summed E-state index contributed by atoms with van der Waals surface area (Å²) in [6.45, 7) is 5.31. The standard InChI is InChI=1S/C15H25NO3/c1-17-12-13-19-10-5-9-18-11-8-16-14-15-6-3-2-4-7-15/h2-4,6-7,16H,5,8-14H2,1H3. The molecule has 4 nitrogen and oxygen atoms in total. The second-order valence-electron chi connectivity index (χ2n) is 4.23. The number of benzene rings is 1. The molecule has 0 atom stereocenters. The van der Waals surface area contributed by atoms with Gasteiger partial charge in [-0.3, -0.25) is 0 Å². The number of ether oxygens (including phenoxy) is 3. The summed E-state index contributed by atoms with van der Waals surface area (Å²) in [7, 11) is 1.68. The van der Waals surface area contributed by atoms with Crippen LogP contribution >= 0.6 is 0 Å². The molecular weight excluding hydrogens is 242 g/mol. The van der Waals surface area contributed by atoms with Gasteiger partial charge in [0.15, 0.2) is 0 Å². The summed E-state index contributed by atoms with van der Waals surface area (Å²) >= 11 is 0. The molecule has 0 saturated carbocycles. The molecule has 19 heavy (non-hydrogen) atoms. The van der Waals surface area contributed by atoms with Crippen molar-refractivity contribution >= 4 is 0 Å². The van der Waals surface area contributed by atoms with E-state index in [1.807, 2.05) is 6.07 Å². The second-order valence-corrected chi connectivity index (χ2v) is 4.23. The Hall–Kier alpha value is -0.940. The van der Waals surface area contributed by atoms with Gasteiger partial charge < -0.3 is 19.5 Å². The molecule has 0 aliphatic carbocycles. The normalized spacial score (nSPS) is 10.8. The first-order valence-electron chi connectivity index (χ1n) is 6.82. The molecule has 0 heterocycles. The van der Waals surface area contributed by atoms with Crippen LogP contribution in [-0.2, 0) is 20.8 Å². The summed E-state index contributed by atoms with van der Waals surface area (Å²) in [6.07, 6.45) is 0.933. The molecule has 0 bridgehead atoms. The van der Waals surface area contributed by atoms with E-state index < -0.39 is 0 Å². The summed E-state index contributed by atoms with van der Waals surface area (Å²) in [5.74, 6) is 0. The van der Waals surface area contributed by atoms with Gasteiger partial charge >= 0.3 is 0 Å². The monoisotopic (exact) mass is 267 g/mol. The lowest BCUT2D eigenvalue weighted by molar-refractivity contribution is 0.0518. The fraction of sp³-hybridized carbons (Fsp3) is 0.600. The van der Waals surface area contributed by atoms with Crippen LogP contribution in [0.3, 0.4) is 0 Å². The maximum Gasteiger partial charge on any atom is 0.0700 e. The summed E-state index contributed by atoms with van der Waals surface area (Å²) < 4.78 is 15.7. The number of methoxy groups -OCH3 is 1. The fourth-order valence-electron chi connectivity index (χ4n) is 1.58. The van der Waals surface area contributed by atoms with Crippen LogP contribution in [0.1, 0.15) is 12.0 Å². The molecule has 0 radical (unpaired) electrons. The van der Waals surface area contributed by atoms with Crippen LogP contribution in [0.25, 0.3) is 0 Å². The van der Waals surface area contributed by atoms with Crippen LogP contribution in [0.4, 0.5) is 0 Å². The average Bonchev–Trinajstić information content (AvgIpc) is 2.46. The number of hydrogen-bond acceptors (Lipinski definition) is 4. The summed E-state index contributed by atoms with van der Waals surface area (Å²) in [6, 6.07) is 10.4. The predicted molar refractivity (Wildman–Crippen MR) is 76.3 cm³/mol. The zero-order valence-electron chi connectivity index (χ0n) is 11.8. The molecule has 1 aromatic rings. The molecule has 0 saturated heterocycles. The van der Waals surface area contributed by atoms with E-state index in [1.165, 1.54) is 5.56 Å². The van der Waals surface area contributed by atoms with Gasteiger partial charge in [-0.15, -0.1) is 0 Å². The lowest BCUT2D eigenvalue weighted by Gasteiger charge is -2.07. The smallest absolute Gasteiger partial charge is 0.0700 e.